The number of aromatic nitrogens is 3. The molecule has 6 rings (SSSR count). The normalized spacial score (nSPS) is 15.6. The number of fused-ring (bicyclic) bond motifs is 3. The number of benzene rings is 1. The molecule has 1 atom stereocenters. The molecule has 38 heavy (non-hydrogen) atoms. The van der Waals surface area contributed by atoms with Gasteiger partial charge in [-0.2, -0.15) is 5.10 Å². The Balaban J connectivity index is 1.19. The number of aliphatic imine (C=N–C) groups is 1. The standard InChI is InChI=1S/C28H27FN6O3/c29-8-13-38-21-14-22(26-23-16-30-17-24(23)32-35(26)18-21)20-6-7-25(31-15-20)33-9-11-34(12-10-33)28(37)27(36)19-4-2-1-3-5-19/h1-7,14-16,18,27,36H,8-13,17H2/t27-/m1/s1. The third-order valence-electron chi connectivity index (χ3n) is 6.95. The van der Waals surface area contributed by atoms with Crippen LogP contribution in [0.15, 0.2) is 65.9 Å². The van der Waals surface area contributed by atoms with Crippen molar-refractivity contribution in [3.05, 3.63) is 77.7 Å². The first-order valence-electron chi connectivity index (χ1n) is 12.6. The first-order chi connectivity index (χ1) is 18.6. The zero-order valence-corrected chi connectivity index (χ0v) is 20.7. The van der Waals surface area contributed by atoms with E-state index in [-0.39, 0.29) is 12.5 Å². The number of anilines is 1. The molecule has 5 heterocycles. The van der Waals surface area contributed by atoms with Gasteiger partial charge in [-0.25, -0.2) is 13.9 Å². The average molecular weight is 515 g/mol. The van der Waals surface area contributed by atoms with E-state index in [1.165, 1.54) is 0 Å². The van der Waals surface area contributed by atoms with Crippen molar-refractivity contribution in [2.45, 2.75) is 12.6 Å². The molecule has 4 aromatic rings. The van der Waals surface area contributed by atoms with E-state index >= 15 is 0 Å². The molecule has 1 aromatic carbocycles. The van der Waals surface area contributed by atoms with Crippen molar-refractivity contribution in [2.75, 3.05) is 44.4 Å². The third-order valence-corrected chi connectivity index (χ3v) is 6.95. The van der Waals surface area contributed by atoms with E-state index in [2.05, 4.69) is 15.0 Å². The van der Waals surface area contributed by atoms with E-state index in [1.54, 1.807) is 27.7 Å². The number of rotatable bonds is 7. The van der Waals surface area contributed by atoms with Crippen LogP contribution in [-0.2, 0) is 11.3 Å². The Hall–Kier alpha value is -4.31. The van der Waals surface area contributed by atoms with Gasteiger partial charge in [0.1, 0.15) is 24.8 Å². The molecule has 1 N–H and O–H groups in total. The fourth-order valence-electron chi connectivity index (χ4n) is 4.99. The lowest BCUT2D eigenvalue weighted by Crippen LogP contribution is -2.50. The molecule has 2 aliphatic rings. The quantitative estimate of drug-likeness (QED) is 0.407. The molecule has 194 valence electrons. The largest absolute Gasteiger partial charge is 0.489 e. The summed E-state index contributed by atoms with van der Waals surface area (Å²) in [5, 5.41) is 15.1. The minimum Gasteiger partial charge on any atom is -0.489 e. The third kappa shape index (κ3) is 4.47. The van der Waals surface area contributed by atoms with E-state index in [0.29, 0.717) is 44.0 Å². The van der Waals surface area contributed by atoms with Crippen molar-refractivity contribution in [1.29, 1.82) is 0 Å². The van der Waals surface area contributed by atoms with Gasteiger partial charge < -0.3 is 19.6 Å². The smallest absolute Gasteiger partial charge is 0.256 e. The Morgan fingerprint density at radius 2 is 1.92 bits per heavy atom. The number of hydrogen-bond donors (Lipinski definition) is 1. The molecule has 9 nitrogen and oxygen atoms in total. The first kappa shape index (κ1) is 24.1. The van der Waals surface area contributed by atoms with Crippen LogP contribution in [0.3, 0.4) is 0 Å². The molecule has 0 bridgehead atoms. The molecule has 10 heteroatoms. The van der Waals surface area contributed by atoms with Crippen LogP contribution in [0.2, 0.25) is 0 Å². The number of aliphatic hydroxyl groups is 1. The van der Waals surface area contributed by atoms with Gasteiger partial charge in [0, 0.05) is 55.3 Å². The van der Waals surface area contributed by atoms with E-state index in [0.717, 1.165) is 33.7 Å². The summed E-state index contributed by atoms with van der Waals surface area (Å²) in [5.74, 6) is 1.06. The van der Waals surface area contributed by atoms with E-state index in [4.69, 9.17) is 9.72 Å². The van der Waals surface area contributed by atoms with Gasteiger partial charge in [-0.3, -0.25) is 9.79 Å². The van der Waals surface area contributed by atoms with Crippen molar-refractivity contribution in [3.63, 3.8) is 0 Å². The van der Waals surface area contributed by atoms with Gasteiger partial charge in [-0.05, 0) is 23.8 Å². The molecular weight excluding hydrogens is 487 g/mol. The number of carbonyl (C=O) groups is 1. The Kier molecular flexibility index (Phi) is 6.47. The number of pyridine rings is 2. The van der Waals surface area contributed by atoms with Crippen molar-refractivity contribution >= 4 is 23.5 Å². The highest BCUT2D eigenvalue weighted by Gasteiger charge is 2.27. The molecule has 0 aliphatic carbocycles. The lowest BCUT2D eigenvalue weighted by molar-refractivity contribution is -0.140. The number of ether oxygens (including phenoxy) is 1. The fourth-order valence-corrected chi connectivity index (χ4v) is 4.99. The summed E-state index contributed by atoms with van der Waals surface area (Å²) >= 11 is 0. The summed E-state index contributed by atoms with van der Waals surface area (Å²) in [6.45, 7) is 2.17. The van der Waals surface area contributed by atoms with Crippen LogP contribution in [0, 0.1) is 0 Å². The monoisotopic (exact) mass is 514 g/mol. The number of aliphatic hydroxyl groups excluding tert-OH is 1. The second-order valence-corrected chi connectivity index (χ2v) is 9.28. The van der Waals surface area contributed by atoms with Crippen molar-refractivity contribution in [3.8, 4) is 16.9 Å². The van der Waals surface area contributed by atoms with Crippen molar-refractivity contribution in [1.82, 2.24) is 19.5 Å². The van der Waals surface area contributed by atoms with Crippen LogP contribution < -0.4 is 9.64 Å². The zero-order chi connectivity index (χ0) is 26.1. The molecule has 0 radical (unpaired) electrons. The van der Waals surface area contributed by atoms with Crippen LogP contribution in [0.1, 0.15) is 22.9 Å². The second kappa shape index (κ2) is 10.2. The van der Waals surface area contributed by atoms with Crippen LogP contribution >= 0.6 is 0 Å². The molecule has 0 spiro atoms. The first-order valence-corrected chi connectivity index (χ1v) is 12.6. The predicted molar refractivity (Wildman–Crippen MR) is 141 cm³/mol. The lowest BCUT2D eigenvalue weighted by Gasteiger charge is -2.36. The number of alkyl halides is 1. The van der Waals surface area contributed by atoms with Gasteiger partial charge in [-0.15, -0.1) is 0 Å². The minimum absolute atomic E-state index is 0.0264. The fraction of sp³-hybridized carbons (Fsp3) is 0.286. The Morgan fingerprint density at radius 3 is 2.66 bits per heavy atom. The van der Waals surface area contributed by atoms with E-state index in [1.807, 2.05) is 48.8 Å². The molecule has 2 aliphatic heterocycles. The topological polar surface area (TPSA) is 95.6 Å². The van der Waals surface area contributed by atoms with Crippen molar-refractivity contribution < 1.29 is 19.0 Å². The average Bonchev–Trinajstić information content (AvgIpc) is 3.57. The lowest BCUT2D eigenvalue weighted by atomic mass is 10.0. The van der Waals surface area contributed by atoms with E-state index < -0.39 is 12.8 Å². The Bertz CT molecular complexity index is 1480. The number of carbonyl (C=O) groups excluding carboxylic acids is 1. The van der Waals surface area contributed by atoms with Gasteiger partial charge in [0.15, 0.2) is 6.10 Å². The van der Waals surface area contributed by atoms with Gasteiger partial charge in [-0.1, -0.05) is 30.3 Å². The van der Waals surface area contributed by atoms with Gasteiger partial charge in [0.25, 0.3) is 5.91 Å². The number of piperazine rings is 1. The maximum atomic E-state index is 12.8. The van der Waals surface area contributed by atoms with Crippen LogP contribution in [-0.4, -0.2) is 76.2 Å². The summed E-state index contributed by atoms with van der Waals surface area (Å²) in [5.41, 5.74) is 5.14. The summed E-state index contributed by atoms with van der Waals surface area (Å²) in [6.07, 6.45) is 4.25. The van der Waals surface area contributed by atoms with Crippen molar-refractivity contribution in [2.24, 2.45) is 4.99 Å². The van der Waals surface area contributed by atoms with Crippen LogP contribution in [0.4, 0.5) is 10.2 Å². The zero-order valence-electron chi connectivity index (χ0n) is 20.7. The maximum absolute atomic E-state index is 12.8. The summed E-state index contributed by atoms with van der Waals surface area (Å²) < 4.78 is 20.1. The van der Waals surface area contributed by atoms with Crippen LogP contribution in [0.25, 0.3) is 16.6 Å². The molecule has 0 saturated carbocycles. The highest BCUT2D eigenvalue weighted by atomic mass is 19.1. The number of nitrogens with zero attached hydrogens (tertiary/aromatic N) is 6. The minimum atomic E-state index is -1.16. The van der Waals surface area contributed by atoms with Gasteiger partial charge >= 0.3 is 0 Å². The SMILES string of the molecule is O=C([C@H](O)c1ccccc1)N1CCN(c2ccc(-c3cc(OCCF)cn4nc5c(c34)C=NC5)cn2)CC1. The Morgan fingerprint density at radius 1 is 1.11 bits per heavy atom. The number of halogens is 1. The number of hydrogen-bond acceptors (Lipinski definition) is 7. The molecule has 1 saturated heterocycles. The van der Waals surface area contributed by atoms with Crippen LogP contribution in [0.5, 0.6) is 5.75 Å². The molecule has 3 aromatic heterocycles. The summed E-state index contributed by atoms with van der Waals surface area (Å²) in [4.78, 5) is 25.7. The highest BCUT2D eigenvalue weighted by molar-refractivity contribution is 5.99. The Labute approximate surface area is 218 Å². The predicted octanol–water partition coefficient (Wildman–Crippen LogP) is 3.06. The van der Waals surface area contributed by atoms with Gasteiger partial charge in [0.2, 0.25) is 0 Å². The van der Waals surface area contributed by atoms with Gasteiger partial charge in [0.05, 0.1) is 24.0 Å². The molecule has 1 amide bonds. The molecular formula is C28H27FN6O3. The summed E-state index contributed by atoms with van der Waals surface area (Å²) in [6, 6.07) is 14.8. The maximum Gasteiger partial charge on any atom is 0.256 e. The highest BCUT2D eigenvalue weighted by Crippen LogP contribution is 2.33. The van der Waals surface area contributed by atoms with E-state index in [9.17, 15) is 14.3 Å². The molecule has 0 unspecified atom stereocenters. The molecule has 1 fully saturated rings. The summed E-state index contributed by atoms with van der Waals surface area (Å²) in [7, 11) is 0. The number of amides is 1. The second-order valence-electron chi connectivity index (χ2n) is 9.28.